The Hall–Kier alpha value is -0.870. The fraction of sp³-hybridized carbons (Fsp3) is 0.625. The number of ether oxygens (including phenoxy) is 2. The van der Waals surface area contributed by atoms with Crippen molar-refractivity contribution >= 4 is 11.8 Å². The highest BCUT2D eigenvalue weighted by Crippen LogP contribution is 2.35. The standard InChI is InChI=1S/C16H25NO2S/c1-16(2,17)11-12-5-4-6-14(18-3)15(12)19-13-7-9-20-10-8-13/h4-6,13H,7-11,17H2,1-3H3. The molecule has 0 aliphatic carbocycles. The first-order valence-electron chi connectivity index (χ1n) is 7.19. The molecular weight excluding hydrogens is 270 g/mol. The molecule has 3 nitrogen and oxygen atoms in total. The van der Waals surface area contributed by atoms with Crippen molar-refractivity contribution in [2.24, 2.45) is 5.73 Å². The van der Waals surface area contributed by atoms with Gasteiger partial charge in [0.25, 0.3) is 0 Å². The van der Waals surface area contributed by atoms with E-state index in [0.717, 1.165) is 36.3 Å². The van der Waals surface area contributed by atoms with Gasteiger partial charge in [0, 0.05) is 5.54 Å². The minimum atomic E-state index is -0.257. The maximum absolute atomic E-state index is 6.26. The number of nitrogens with two attached hydrogens (primary N) is 1. The van der Waals surface area contributed by atoms with E-state index in [1.807, 2.05) is 37.7 Å². The predicted octanol–water partition coefficient (Wildman–Crippen LogP) is 3.25. The molecule has 4 heteroatoms. The Morgan fingerprint density at radius 2 is 2.00 bits per heavy atom. The van der Waals surface area contributed by atoms with Crippen LogP contribution >= 0.6 is 11.8 Å². The van der Waals surface area contributed by atoms with Crippen molar-refractivity contribution in [1.82, 2.24) is 0 Å². The van der Waals surface area contributed by atoms with Crippen molar-refractivity contribution in [1.29, 1.82) is 0 Å². The Balaban J connectivity index is 2.22. The highest BCUT2D eigenvalue weighted by atomic mass is 32.2. The van der Waals surface area contributed by atoms with E-state index in [1.54, 1.807) is 7.11 Å². The third-order valence-electron chi connectivity index (χ3n) is 3.38. The average molecular weight is 295 g/mol. The van der Waals surface area contributed by atoms with Crippen LogP contribution in [0.3, 0.4) is 0 Å². The van der Waals surface area contributed by atoms with Crippen LogP contribution < -0.4 is 15.2 Å². The van der Waals surface area contributed by atoms with E-state index in [9.17, 15) is 0 Å². The fourth-order valence-electron chi connectivity index (χ4n) is 2.45. The molecule has 0 aromatic heterocycles. The van der Waals surface area contributed by atoms with Gasteiger partial charge in [-0.15, -0.1) is 0 Å². The van der Waals surface area contributed by atoms with Crippen molar-refractivity contribution in [2.45, 2.75) is 44.8 Å². The fourth-order valence-corrected chi connectivity index (χ4v) is 3.51. The molecule has 2 rings (SSSR count). The Morgan fingerprint density at radius 3 is 2.60 bits per heavy atom. The summed E-state index contributed by atoms with van der Waals surface area (Å²) in [5.74, 6) is 4.05. The Labute approximate surface area is 126 Å². The number of rotatable bonds is 5. The van der Waals surface area contributed by atoms with E-state index >= 15 is 0 Å². The van der Waals surface area contributed by atoms with Crippen LogP contribution in [0.5, 0.6) is 11.5 Å². The third-order valence-corrected chi connectivity index (χ3v) is 4.43. The maximum Gasteiger partial charge on any atom is 0.164 e. The van der Waals surface area contributed by atoms with E-state index in [1.165, 1.54) is 11.5 Å². The second kappa shape index (κ2) is 6.72. The SMILES string of the molecule is COc1cccc(CC(C)(C)N)c1OC1CCSCC1. The molecule has 112 valence electrons. The summed E-state index contributed by atoms with van der Waals surface area (Å²) >= 11 is 2.00. The molecule has 0 spiro atoms. The zero-order valence-corrected chi connectivity index (χ0v) is 13.5. The van der Waals surface area contributed by atoms with Gasteiger partial charge in [-0.3, -0.25) is 0 Å². The molecule has 0 unspecified atom stereocenters. The largest absolute Gasteiger partial charge is 0.493 e. The van der Waals surface area contributed by atoms with Crippen LogP contribution in [-0.2, 0) is 6.42 Å². The van der Waals surface area contributed by atoms with Crippen LogP contribution in [0.4, 0.5) is 0 Å². The number of para-hydroxylation sites is 1. The minimum Gasteiger partial charge on any atom is -0.493 e. The first kappa shape index (κ1) is 15.5. The lowest BCUT2D eigenvalue weighted by Gasteiger charge is -2.27. The van der Waals surface area contributed by atoms with Crippen molar-refractivity contribution in [3.05, 3.63) is 23.8 Å². The van der Waals surface area contributed by atoms with E-state index < -0.39 is 0 Å². The molecule has 20 heavy (non-hydrogen) atoms. The van der Waals surface area contributed by atoms with Crippen molar-refractivity contribution in [2.75, 3.05) is 18.6 Å². The molecule has 2 N–H and O–H groups in total. The van der Waals surface area contributed by atoms with Gasteiger partial charge in [0.05, 0.1) is 7.11 Å². The van der Waals surface area contributed by atoms with Crippen LogP contribution in [0.25, 0.3) is 0 Å². The summed E-state index contributed by atoms with van der Waals surface area (Å²) in [5, 5.41) is 0. The second-order valence-electron chi connectivity index (χ2n) is 6.04. The van der Waals surface area contributed by atoms with Gasteiger partial charge in [-0.2, -0.15) is 11.8 Å². The Bertz CT molecular complexity index is 437. The smallest absolute Gasteiger partial charge is 0.164 e. The Morgan fingerprint density at radius 1 is 1.30 bits per heavy atom. The number of benzene rings is 1. The van der Waals surface area contributed by atoms with Gasteiger partial charge in [0.2, 0.25) is 0 Å². The molecule has 0 atom stereocenters. The highest BCUT2D eigenvalue weighted by molar-refractivity contribution is 7.99. The predicted molar refractivity (Wildman–Crippen MR) is 85.9 cm³/mol. The maximum atomic E-state index is 6.26. The molecule has 0 radical (unpaired) electrons. The minimum absolute atomic E-state index is 0.257. The first-order valence-corrected chi connectivity index (χ1v) is 8.34. The molecule has 1 aliphatic heterocycles. The molecule has 0 saturated carbocycles. The zero-order valence-electron chi connectivity index (χ0n) is 12.6. The van der Waals surface area contributed by atoms with Gasteiger partial charge in [0.15, 0.2) is 11.5 Å². The molecule has 1 aromatic carbocycles. The zero-order chi connectivity index (χ0) is 14.6. The van der Waals surface area contributed by atoms with Gasteiger partial charge in [-0.25, -0.2) is 0 Å². The molecule has 1 saturated heterocycles. The summed E-state index contributed by atoms with van der Waals surface area (Å²) in [6, 6.07) is 6.05. The summed E-state index contributed by atoms with van der Waals surface area (Å²) in [5.41, 5.74) is 7.04. The third kappa shape index (κ3) is 4.32. The summed E-state index contributed by atoms with van der Waals surface area (Å²) < 4.78 is 11.7. The van der Waals surface area contributed by atoms with Crippen molar-refractivity contribution in [3.8, 4) is 11.5 Å². The molecule has 1 aliphatic rings. The monoisotopic (exact) mass is 295 g/mol. The van der Waals surface area contributed by atoms with Crippen LogP contribution in [0.15, 0.2) is 18.2 Å². The number of hydrogen-bond donors (Lipinski definition) is 1. The summed E-state index contributed by atoms with van der Waals surface area (Å²) in [7, 11) is 1.69. The summed E-state index contributed by atoms with van der Waals surface area (Å²) in [6.07, 6.45) is 3.29. The Kier molecular flexibility index (Phi) is 5.22. The normalized spacial score (nSPS) is 17.0. The summed E-state index contributed by atoms with van der Waals surface area (Å²) in [4.78, 5) is 0. The van der Waals surface area contributed by atoms with Gasteiger partial charge < -0.3 is 15.2 Å². The van der Waals surface area contributed by atoms with Gasteiger partial charge >= 0.3 is 0 Å². The molecule has 1 fully saturated rings. The van der Waals surface area contributed by atoms with E-state index in [2.05, 4.69) is 6.07 Å². The van der Waals surface area contributed by atoms with E-state index in [0.29, 0.717) is 6.10 Å². The number of methoxy groups -OCH3 is 1. The van der Waals surface area contributed by atoms with Crippen molar-refractivity contribution < 1.29 is 9.47 Å². The molecule has 0 bridgehead atoms. The van der Waals surface area contributed by atoms with Gasteiger partial charge in [-0.05, 0) is 56.2 Å². The van der Waals surface area contributed by atoms with Gasteiger partial charge in [0.1, 0.15) is 6.10 Å². The number of hydrogen-bond acceptors (Lipinski definition) is 4. The quantitative estimate of drug-likeness (QED) is 0.905. The van der Waals surface area contributed by atoms with E-state index in [4.69, 9.17) is 15.2 Å². The summed E-state index contributed by atoms with van der Waals surface area (Å²) in [6.45, 7) is 4.07. The molecule has 1 heterocycles. The molecule has 0 amide bonds. The van der Waals surface area contributed by atoms with Crippen LogP contribution in [0.2, 0.25) is 0 Å². The van der Waals surface area contributed by atoms with Crippen LogP contribution in [0.1, 0.15) is 32.3 Å². The highest BCUT2D eigenvalue weighted by Gasteiger charge is 2.22. The van der Waals surface area contributed by atoms with Gasteiger partial charge in [-0.1, -0.05) is 12.1 Å². The lowest BCUT2D eigenvalue weighted by Crippen LogP contribution is -2.34. The van der Waals surface area contributed by atoms with Crippen molar-refractivity contribution in [3.63, 3.8) is 0 Å². The molecule has 1 aromatic rings. The second-order valence-corrected chi connectivity index (χ2v) is 7.27. The first-order chi connectivity index (χ1) is 9.49. The van der Waals surface area contributed by atoms with E-state index in [-0.39, 0.29) is 5.54 Å². The lowest BCUT2D eigenvalue weighted by atomic mass is 9.95. The van der Waals surface area contributed by atoms with Crippen LogP contribution in [0, 0.1) is 0 Å². The van der Waals surface area contributed by atoms with Crippen LogP contribution in [-0.4, -0.2) is 30.3 Å². The lowest BCUT2D eigenvalue weighted by molar-refractivity contribution is 0.182. The topological polar surface area (TPSA) is 44.5 Å². The molecular formula is C16H25NO2S. The number of thioether (sulfide) groups is 1. The average Bonchev–Trinajstić information content (AvgIpc) is 2.40.